The van der Waals surface area contributed by atoms with Crippen LogP contribution in [0.5, 0.6) is 0 Å². The highest BCUT2D eigenvalue weighted by Crippen LogP contribution is 2.19. The van der Waals surface area contributed by atoms with Crippen molar-refractivity contribution in [1.29, 1.82) is 0 Å². The number of sulfonamides is 1. The van der Waals surface area contributed by atoms with Crippen LogP contribution in [0.15, 0.2) is 41.4 Å². The molecule has 0 unspecified atom stereocenters. The molecule has 6 heteroatoms. The van der Waals surface area contributed by atoms with Crippen LogP contribution in [-0.2, 0) is 23.1 Å². The van der Waals surface area contributed by atoms with Crippen molar-refractivity contribution >= 4 is 15.7 Å². The van der Waals surface area contributed by atoms with Crippen LogP contribution in [-0.4, -0.2) is 20.0 Å². The minimum absolute atomic E-state index is 0.287. The first-order valence-electron chi connectivity index (χ1n) is 6.89. The van der Waals surface area contributed by atoms with E-state index in [1.165, 1.54) is 0 Å². The van der Waals surface area contributed by atoms with Crippen LogP contribution in [0, 0.1) is 6.92 Å². The molecule has 21 heavy (non-hydrogen) atoms. The average Bonchev–Trinajstić information content (AvgIpc) is 2.86. The molecule has 2 aromatic rings. The van der Waals surface area contributed by atoms with E-state index >= 15 is 0 Å². The molecule has 1 aromatic heterocycles. The summed E-state index contributed by atoms with van der Waals surface area (Å²) in [6.45, 7) is 5.32. The maximum absolute atomic E-state index is 12.4. The number of benzene rings is 1. The van der Waals surface area contributed by atoms with Gasteiger partial charge in [0.25, 0.3) is 10.0 Å². The third-order valence-corrected chi connectivity index (χ3v) is 4.62. The predicted molar refractivity (Wildman–Crippen MR) is 84.9 cm³/mol. The molecule has 114 valence electrons. The van der Waals surface area contributed by atoms with Crippen molar-refractivity contribution in [2.45, 2.75) is 31.8 Å². The molecule has 0 aliphatic heterocycles. The maximum atomic E-state index is 12.4. The summed E-state index contributed by atoms with van der Waals surface area (Å²) in [6, 6.07) is 8.98. The maximum Gasteiger partial charge on any atom is 0.263 e. The van der Waals surface area contributed by atoms with Gasteiger partial charge in [0.1, 0.15) is 4.90 Å². The summed E-state index contributed by atoms with van der Waals surface area (Å²) in [7, 11) is -1.72. The lowest BCUT2D eigenvalue weighted by atomic mass is 10.2. The van der Waals surface area contributed by atoms with Crippen molar-refractivity contribution < 1.29 is 8.42 Å². The molecule has 5 nitrogen and oxygen atoms in total. The number of nitrogens with zero attached hydrogens (tertiary/aromatic N) is 1. The minimum atomic E-state index is -3.55. The van der Waals surface area contributed by atoms with E-state index < -0.39 is 10.0 Å². The highest BCUT2D eigenvalue weighted by atomic mass is 32.2. The van der Waals surface area contributed by atoms with E-state index in [2.05, 4.69) is 10.0 Å². The van der Waals surface area contributed by atoms with Gasteiger partial charge in [-0.3, -0.25) is 4.72 Å². The molecule has 0 atom stereocenters. The van der Waals surface area contributed by atoms with Crippen molar-refractivity contribution in [3.8, 4) is 0 Å². The van der Waals surface area contributed by atoms with E-state index in [0.29, 0.717) is 12.2 Å². The van der Waals surface area contributed by atoms with Gasteiger partial charge in [-0.25, -0.2) is 8.42 Å². The Kier molecular flexibility index (Phi) is 4.69. The molecule has 2 N–H and O–H groups in total. The number of rotatable bonds is 6. The summed E-state index contributed by atoms with van der Waals surface area (Å²) in [5.74, 6) is 0. The van der Waals surface area contributed by atoms with Crippen LogP contribution in [0.4, 0.5) is 5.69 Å². The number of nitrogens with one attached hydrogen (secondary N) is 2. The summed E-state index contributed by atoms with van der Waals surface area (Å²) >= 11 is 0. The van der Waals surface area contributed by atoms with Gasteiger partial charge in [-0.2, -0.15) is 0 Å². The number of anilines is 1. The largest absolute Gasteiger partial charge is 0.349 e. The summed E-state index contributed by atoms with van der Waals surface area (Å²) in [4.78, 5) is 0.287. The van der Waals surface area contributed by atoms with E-state index in [-0.39, 0.29) is 4.90 Å². The first kappa shape index (κ1) is 15.6. The fourth-order valence-corrected chi connectivity index (χ4v) is 3.25. The van der Waals surface area contributed by atoms with Crippen LogP contribution in [0.3, 0.4) is 0 Å². The Hall–Kier alpha value is -1.79. The van der Waals surface area contributed by atoms with E-state index in [9.17, 15) is 8.42 Å². The van der Waals surface area contributed by atoms with Crippen molar-refractivity contribution in [2.24, 2.45) is 0 Å². The standard InChI is InChI=1S/C15H21N3O2S/c1-4-18-11-15(9-14(18)10-16-3)21(19,20)17-13-7-5-12(2)6-8-13/h5-9,11,16-17H,4,10H2,1-3H3. The van der Waals surface area contributed by atoms with Gasteiger partial charge in [0.05, 0.1) is 0 Å². The Morgan fingerprint density at radius 3 is 2.43 bits per heavy atom. The SMILES string of the molecule is CCn1cc(S(=O)(=O)Nc2ccc(C)cc2)cc1CNC. The van der Waals surface area contributed by atoms with E-state index in [1.54, 1.807) is 24.4 Å². The lowest BCUT2D eigenvalue weighted by molar-refractivity contribution is 0.600. The monoisotopic (exact) mass is 307 g/mol. The zero-order chi connectivity index (χ0) is 15.5. The normalized spacial score (nSPS) is 11.6. The Balaban J connectivity index is 2.28. The number of aryl methyl sites for hydroxylation is 2. The lowest BCUT2D eigenvalue weighted by Crippen LogP contribution is -2.12. The highest BCUT2D eigenvalue weighted by Gasteiger charge is 2.18. The number of hydrogen-bond donors (Lipinski definition) is 2. The number of hydrogen-bond acceptors (Lipinski definition) is 3. The fraction of sp³-hybridized carbons (Fsp3) is 0.333. The zero-order valence-electron chi connectivity index (χ0n) is 12.6. The quantitative estimate of drug-likeness (QED) is 0.861. The molecule has 0 radical (unpaired) electrons. The molecule has 0 amide bonds. The van der Waals surface area contributed by atoms with Gasteiger partial charge in [0, 0.05) is 30.7 Å². The summed E-state index contributed by atoms with van der Waals surface area (Å²) in [5.41, 5.74) is 2.61. The molecule has 0 bridgehead atoms. The predicted octanol–water partition coefficient (Wildman–Crippen LogP) is 2.34. The van der Waals surface area contributed by atoms with Gasteiger partial charge in [0.15, 0.2) is 0 Å². The summed E-state index contributed by atoms with van der Waals surface area (Å²) in [5, 5.41) is 3.04. The van der Waals surface area contributed by atoms with E-state index in [0.717, 1.165) is 17.8 Å². The Labute approximate surface area is 126 Å². The van der Waals surface area contributed by atoms with Crippen molar-refractivity contribution in [2.75, 3.05) is 11.8 Å². The lowest BCUT2D eigenvalue weighted by Gasteiger charge is -2.06. The molecule has 0 saturated heterocycles. The van der Waals surface area contributed by atoms with Crippen LogP contribution in [0.1, 0.15) is 18.2 Å². The first-order chi connectivity index (χ1) is 9.96. The molecule has 0 fully saturated rings. The smallest absolute Gasteiger partial charge is 0.263 e. The summed E-state index contributed by atoms with van der Waals surface area (Å²) in [6.07, 6.45) is 1.67. The van der Waals surface area contributed by atoms with Gasteiger partial charge in [-0.15, -0.1) is 0 Å². The van der Waals surface area contributed by atoms with Crippen LogP contribution in [0.25, 0.3) is 0 Å². The first-order valence-corrected chi connectivity index (χ1v) is 8.37. The molecule has 0 aliphatic carbocycles. The second kappa shape index (κ2) is 6.32. The second-order valence-corrected chi connectivity index (χ2v) is 6.64. The Bertz CT molecular complexity index is 703. The second-order valence-electron chi connectivity index (χ2n) is 4.96. The number of aromatic nitrogens is 1. The molecular formula is C15H21N3O2S. The van der Waals surface area contributed by atoms with Crippen LogP contribution >= 0.6 is 0 Å². The van der Waals surface area contributed by atoms with E-state index in [1.807, 2.05) is 37.6 Å². The zero-order valence-corrected chi connectivity index (χ0v) is 13.4. The third kappa shape index (κ3) is 3.65. The van der Waals surface area contributed by atoms with Gasteiger partial charge >= 0.3 is 0 Å². The topological polar surface area (TPSA) is 63.1 Å². The molecule has 2 rings (SSSR count). The Morgan fingerprint density at radius 2 is 1.86 bits per heavy atom. The van der Waals surface area contributed by atoms with Crippen LogP contribution in [0.2, 0.25) is 0 Å². The minimum Gasteiger partial charge on any atom is -0.349 e. The average molecular weight is 307 g/mol. The van der Waals surface area contributed by atoms with Gasteiger partial charge in [-0.05, 0) is 39.1 Å². The molecular weight excluding hydrogens is 286 g/mol. The molecule has 0 saturated carbocycles. The summed E-state index contributed by atoms with van der Waals surface area (Å²) < 4.78 is 29.4. The van der Waals surface area contributed by atoms with E-state index in [4.69, 9.17) is 0 Å². The third-order valence-electron chi connectivity index (χ3n) is 3.27. The van der Waals surface area contributed by atoms with Gasteiger partial charge in [-0.1, -0.05) is 17.7 Å². The molecule has 1 aromatic carbocycles. The van der Waals surface area contributed by atoms with Crippen LogP contribution < -0.4 is 10.0 Å². The Morgan fingerprint density at radius 1 is 1.19 bits per heavy atom. The highest BCUT2D eigenvalue weighted by molar-refractivity contribution is 7.92. The fourth-order valence-electron chi connectivity index (χ4n) is 2.13. The molecule has 1 heterocycles. The van der Waals surface area contributed by atoms with Gasteiger partial charge < -0.3 is 9.88 Å². The molecule has 0 spiro atoms. The van der Waals surface area contributed by atoms with Gasteiger partial charge in [0.2, 0.25) is 0 Å². The van der Waals surface area contributed by atoms with Crippen molar-refractivity contribution in [3.63, 3.8) is 0 Å². The van der Waals surface area contributed by atoms with Crippen molar-refractivity contribution in [1.82, 2.24) is 9.88 Å². The van der Waals surface area contributed by atoms with Crippen molar-refractivity contribution in [3.05, 3.63) is 47.8 Å². The molecule has 0 aliphatic rings.